The van der Waals surface area contributed by atoms with Crippen molar-refractivity contribution in [1.29, 1.82) is 0 Å². The van der Waals surface area contributed by atoms with E-state index in [1.54, 1.807) is 0 Å². The van der Waals surface area contributed by atoms with E-state index in [0.29, 0.717) is 0 Å². The van der Waals surface area contributed by atoms with Gasteiger partial charge in [0.1, 0.15) is 11.3 Å². The van der Waals surface area contributed by atoms with Gasteiger partial charge in [-0.05, 0) is 83.6 Å². The summed E-state index contributed by atoms with van der Waals surface area (Å²) in [4.78, 5) is 2.40. The molecule has 3 aromatic heterocycles. The van der Waals surface area contributed by atoms with Crippen molar-refractivity contribution in [3.63, 3.8) is 0 Å². The number of hydrogen-bond donors (Lipinski definition) is 0. The summed E-state index contributed by atoms with van der Waals surface area (Å²) < 4.78 is 11.5. The first-order valence-corrected chi connectivity index (χ1v) is 18.5. The Hall–Kier alpha value is -5.94. The van der Waals surface area contributed by atoms with Gasteiger partial charge in [-0.2, -0.15) is 0 Å². The van der Waals surface area contributed by atoms with Crippen molar-refractivity contribution in [3.8, 4) is 11.3 Å². The van der Waals surface area contributed by atoms with E-state index in [-0.39, 0.29) is 0 Å². The van der Waals surface area contributed by atoms with Crippen LogP contribution in [0.25, 0.3) is 84.2 Å². The summed E-state index contributed by atoms with van der Waals surface area (Å²) >= 11 is 3.76. The minimum absolute atomic E-state index is 0.875. The molecular weight excluding hydrogens is 647 g/mol. The molecule has 0 saturated carbocycles. The highest BCUT2D eigenvalue weighted by Gasteiger charge is 2.18. The molecule has 3 heterocycles. The number of rotatable bonds is 4. The van der Waals surface area contributed by atoms with Gasteiger partial charge in [-0.3, -0.25) is 0 Å². The van der Waals surface area contributed by atoms with E-state index in [4.69, 9.17) is 4.42 Å². The average molecular weight is 674 g/mol. The second kappa shape index (κ2) is 10.8. The Balaban J connectivity index is 1.13. The van der Waals surface area contributed by atoms with Crippen LogP contribution in [0.15, 0.2) is 168 Å². The van der Waals surface area contributed by atoms with Crippen molar-refractivity contribution in [2.24, 2.45) is 0 Å². The Bertz CT molecular complexity index is 2920. The molecule has 0 aliphatic rings. The molecule has 0 aliphatic heterocycles. The van der Waals surface area contributed by atoms with Gasteiger partial charge >= 0.3 is 0 Å². The van der Waals surface area contributed by atoms with Gasteiger partial charge in [0.15, 0.2) is 0 Å². The summed E-state index contributed by atoms with van der Waals surface area (Å²) in [6, 6.07) is 59.5. The van der Waals surface area contributed by atoms with Crippen LogP contribution in [0.2, 0.25) is 0 Å². The van der Waals surface area contributed by atoms with Gasteiger partial charge in [0, 0.05) is 79.1 Å². The van der Waals surface area contributed by atoms with Crippen molar-refractivity contribution in [2.45, 2.75) is 0 Å². The zero-order valence-electron chi connectivity index (χ0n) is 26.8. The van der Waals surface area contributed by atoms with Gasteiger partial charge < -0.3 is 9.32 Å². The van der Waals surface area contributed by atoms with E-state index < -0.39 is 0 Å². The number of para-hydroxylation sites is 1. The Kier molecular flexibility index (Phi) is 6.03. The lowest BCUT2D eigenvalue weighted by Crippen LogP contribution is -2.10. The highest BCUT2D eigenvalue weighted by atomic mass is 32.1. The standard InChI is InChI=1S/C46H27NOS2/c1-4-10-41-31(7-1)25-42(48-41)30-15-19-32(20-16-30)47(33-21-13-28-17-23-37-35-8-2-5-11-43(35)49-45(37)39(28)26-33)34-22-14-29-18-24-38-36-9-3-6-12-44(36)50-46(38)40(29)27-34/h1-27H. The lowest BCUT2D eigenvalue weighted by atomic mass is 10.0. The summed E-state index contributed by atoms with van der Waals surface area (Å²) in [5.74, 6) is 0.875. The van der Waals surface area contributed by atoms with Gasteiger partial charge in [-0.25, -0.2) is 0 Å². The molecule has 0 amide bonds. The number of furan rings is 1. The third-order valence-electron chi connectivity index (χ3n) is 10.0. The maximum absolute atomic E-state index is 6.24. The Morgan fingerprint density at radius 3 is 1.50 bits per heavy atom. The first-order valence-electron chi connectivity index (χ1n) is 16.8. The second-order valence-corrected chi connectivity index (χ2v) is 15.0. The predicted molar refractivity (Wildman–Crippen MR) is 217 cm³/mol. The van der Waals surface area contributed by atoms with Crippen molar-refractivity contribution in [3.05, 3.63) is 164 Å². The van der Waals surface area contributed by atoms with E-state index in [0.717, 1.165) is 39.4 Å². The highest BCUT2D eigenvalue weighted by molar-refractivity contribution is 7.27. The maximum atomic E-state index is 6.24. The minimum Gasteiger partial charge on any atom is -0.456 e. The van der Waals surface area contributed by atoms with Gasteiger partial charge in [-0.1, -0.05) is 91.0 Å². The largest absolute Gasteiger partial charge is 0.456 e. The molecule has 0 radical (unpaired) electrons. The summed E-state index contributed by atoms with van der Waals surface area (Å²) in [6.07, 6.45) is 0. The molecule has 0 fully saturated rings. The predicted octanol–water partition coefficient (Wildman–Crippen LogP) is 14.6. The molecule has 11 aromatic rings. The third-order valence-corrected chi connectivity index (χ3v) is 12.5. The average Bonchev–Trinajstić information content (AvgIpc) is 3.89. The van der Waals surface area contributed by atoms with E-state index in [9.17, 15) is 0 Å². The van der Waals surface area contributed by atoms with Crippen LogP contribution >= 0.6 is 22.7 Å². The Morgan fingerprint density at radius 2 is 0.900 bits per heavy atom. The minimum atomic E-state index is 0.875. The number of thiophene rings is 2. The maximum Gasteiger partial charge on any atom is 0.135 e. The number of hydrogen-bond acceptors (Lipinski definition) is 4. The van der Waals surface area contributed by atoms with Crippen LogP contribution in [0, 0.1) is 0 Å². The van der Waals surface area contributed by atoms with Crippen LogP contribution in [-0.4, -0.2) is 0 Å². The summed E-state index contributed by atoms with van der Waals surface area (Å²) in [6.45, 7) is 0. The fourth-order valence-electron chi connectivity index (χ4n) is 7.60. The normalized spacial score (nSPS) is 12.0. The summed E-state index contributed by atoms with van der Waals surface area (Å²) in [5.41, 5.74) is 5.31. The number of nitrogens with zero attached hydrogens (tertiary/aromatic N) is 1. The summed E-state index contributed by atoms with van der Waals surface area (Å²) in [7, 11) is 0. The molecule has 234 valence electrons. The molecule has 2 nitrogen and oxygen atoms in total. The fraction of sp³-hybridized carbons (Fsp3) is 0. The summed E-state index contributed by atoms with van der Waals surface area (Å²) in [5, 5.41) is 11.4. The Morgan fingerprint density at radius 1 is 0.380 bits per heavy atom. The second-order valence-electron chi connectivity index (χ2n) is 12.9. The molecule has 11 rings (SSSR count). The van der Waals surface area contributed by atoms with E-state index in [2.05, 4.69) is 157 Å². The van der Waals surface area contributed by atoms with Crippen LogP contribution in [0.3, 0.4) is 0 Å². The van der Waals surface area contributed by atoms with Gasteiger partial charge in [0.2, 0.25) is 0 Å². The SMILES string of the molecule is c1ccc2oc(-c3ccc(N(c4ccc5ccc6c7ccccc7sc6c5c4)c4ccc5ccc6c7ccccc7sc6c5c4)cc3)cc2c1. The molecule has 0 aliphatic carbocycles. The van der Waals surface area contributed by atoms with Gasteiger partial charge in [0.05, 0.1) is 0 Å². The molecule has 50 heavy (non-hydrogen) atoms. The highest BCUT2D eigenvalue weighted by Crippen LogP contribution is 2.45. The fourth-order valence-corrected chi connectivity index (χ4v) is 10.1. The Labute approximate surface area is 295 Å². The van der Waals surface area contributed by atoms with E-state index in [1.165, 1.54) is 61.9 Å². The lowest BCUT2D eigenvalue weighted by molar-refractivity contribution is 0.631. The quantitative estimate of drug-likeness (QED) is 0.185. The molecule has 0 N–H and O–H groups in total. The molecule has 0 unspecified atom stereocenters. The zero-order chi connectivity index (χ0) is 32.8. The van der Waals surface area contributed by atoms with Crippen LogP contribution in [0.4, 0.5) is 17.1 Å². The topological polar surface area (TPSA) is 16.4 Å². The van der Waals surface area contributed by atoms with Crippen molar-refractivity contribution < 1.29 is 4.42 Å². The third kappa shape index (κ3) is 4.26. The van der Waals surface area contributed by atoms with E-state index >= 15 is 0 Å². The van der Waals surface area contributed by atoms with Crippen LogP contribution in [0.5, 0.6) is 0 Å². The van der Waals surface area contributed by atoms with Crippen LogP contribution in [-0.2, 0) is 0 Å². The first kappa shape index (κ1) is 28.0. The molecule has 0 saturated heterocycles. The zero-order valence-corrected chi connectivity index (χ0v) is 28.4. The van der Waals surface area contributed by atoms with E-state index in [1.807, 2.05) is 34.8 Å². The van der Waals surface area contributed by atoms with Gasteiger partial charge in [0.25, 0.3) is 0 Å². The van der Waals surface area contributed by atoms with Crippen LogP contribution in [0.1, 0.15) is 0 Å². The smallest absolute Gasteiger partial charge is 0.135 e. The molecule has 4 heteroatoms. The lowest BCUT2D eigenvalue weighted by Gasteiger charge is -2.26. The number of fused-ring (bicyclic) bond motifs is 11. The van der Waals surface area contributed by atoms with Crippen molar-refractivity contribution in [1.82, 2.24) is 0 Å². The number of benzene rings is 8. The molecular formula is C46H27NOS2. The monoisotopic (exact) mass is 673 g/mol. The molecule has 0 atom stereocenters. The van der Waals surface area contributed by atoms with Gasteiger partial charge in [-0.15, -0.1) is 22.7 Å². The molecule has 0 bridgehead atoms. The molecule has 0 spiro atoms. The molecule has 8 aromatic carbocycles. The van der Waals surface area contributed by atoms with Crippen molar-refractivity contribution in [2.75, 3.05) is 4.90 Å². The van der Waals surface area contributed by atoms with Crippen molar-refractivity contribution >= 4 is 113 Å². The first-order chi connectivity index (χ1) is 24.7. The van der Waals surface area contributed by atoms with Crippen LogP contribution < -0.4 is 4.90 Å². The number of anilines is 3.